The Kier molecular flexibility index (Phi) is 6.65. The highest BCUT2D eigenvalue weighted by atomic mass is 35.5. The standard InChI is InChI=1S/C25H28ClN3O3/c1-16-4-5-19(14-17(16)2)22-23(27-21-7-6-20(26)15-18(21)3)25(31)29(24(22)30)9-8-28-10-12-32-13-11-28/h4-7,14-15,27H,8-13H2,1-3H3. The van der Waals surface area contributed by atoms with Gasteiger partial charge in [0.25, 0.3) is 11.8 Å². The second kappa shape index (κ2) is 9.45. The Bertz CT molecular complexity index is 1090. The molecule has 2 aliphatic heterocycles. The van der Waals surface area contributed by atoms with Crippen LogP contribution in [0.4, 0.5) is 5.69 Å². The first-order valence-electron chi connectivity index (χ1n) is 10.9. The molecule has 32 heavy (non-hydrogen) atoms. The molecule has 0 aliphatic carbocycles. The van der Waals surface area contributed by atoms with Gasteiger partial charge in [0.05, 0.1) is 18.8 Å². The highest BCUT2D eigenvalue weighted by molar-refractivity contribution is 6.36. The van der Waals surface area contributed by atoms with Crippen molar-refractivity contribution in [1.29, 1.82) is 0 Å². The Morgan fingerprint density at radius 1 is 0.906 bits per heavy atom. The van der Waals surface area contributed by atoms with E-state index in [9.17, 15) is 9.59 Å². The molecule has 1 fully saturated rings. The van der Waals surface area contributed by atoms with E-state index in [1.807, 2.05) is 51.1 Å². The van der Waals surface area contributed by atoms with Gasteiger partial charge < -0.3 is 10.1 Å². The van der Waals surface area contributed by atoms with Crippen LogP contribution in [0, 0.1) is 20.8 Å². The van der Waals surface area contributed by atoms with Gasteiger partial charge in [-0.2, -0.15) is 0 Å². The van der Waals surface area contributed by atoms with Crippen LogP contribution < -0.4 is 5.32 Å². The first-order chi connectivity index (χ1) is 15.3. The third-order valence-electron chi connectivity index (χ3n) is 6.16. The number of morpholine rings is 1. The number of halogens is 1. The molecule has 1 N–H and O–H groups in total. The van der Waals surface area contributed by atoms with Crippen LogP contribution in [0.5, 0.6) is 0 Å². The van der Waals surface area contributed by atoms with Crippen LogP contribution in [0.3, 0.4) is 0 Å². The SMILES string of the molecule is Cc1ccc(C2=C(Nc3ccc(Cl)cc3C)C(=O)N(CCN3CCOCC3)C2=O)cc1C. The molecule has 0 radical (unpaired) electrons. The number of anilines is 1. The molecule has 2 heterocycles. The zero-order chi connectivity index (χ0) is 22.8. The number of ether oxygens (including phenoxy) is 1. The lowest BCUT2D eigenvalue weighted by molar-refractivity contribution is -0.137. The molecule has 2 aliphatic rings. The molecular formula is C25H28ClN3O3. The summed E-state index contributed by atoms with van der Waals surface area (Å²) in [4.78, 5) is 30.5. The summed E-state index contributed by atoms with van der Waals surface area (Å²) in [5.41, 5.74) is 5.33. The number of carbonyl (C=O) groups is 2. The number of nitrogens with zero attached hydrogens (tertiary/aromatic N) is 2. The number of hydrogen-bond donors (Lipinski definition) is 1. The molecule has 6 nitrogen and oxygen atoms in total. The van der Waals surface area contributed by atoms with Crippen LogP contribution in [0.2, 0.25) is 5.02 Å². The van der Waals surface area contributed by atoms with E-state index >= 15 is 0 Å². The van der Waals surface area contributed by atoms with Gasteiger partial charge in [0.15, 0.2) is 0 Å². The Balaban J connectivity index is 1.67. The number of imide groups is 1. The van der Waals surface area contributed by atoms with Crippen LogP contribution in [0.1, 0.15) is 22.3 Å². The highest BCUT2D eigenvalue weighted by Crippen LogP contribution is 2.32. The van der Waals surface area contributed by atoms with Crippen molar-refractivity contribution in [3.05, 3.63) is 69.4 Å². The lowest BCUT2D eigenvalue weighted by Crippen LogP contribution is -2.43. The smallest absolute Gasteiger partial charge is 0.278 e. The number of amides is 2. The third-order valence-corrected chi connectivity index (χ3v) is 6.39. The molecular weight excluding hydrogens is 426 g/mol. The highest BCUT2D eigenvalue weighted by Gasteiger charge is 2.39. The van der Waals surface area contributed by atoms with Gasteiger partial charge in [-0.3, -0.25) is 19.4 Å². The fourth-order valence-electron chi connectivity index (χ4n) is 4.03. The van der Waals surface area contributed by atoms with Crippen LogP contribution >= 0.6 is 11.6 Å². The van der Waals surface area contributed by atoms with Gasteiger partial charge in [0.1, 0.15) is 5.70 Å². The van der Waals surface area contributed by atoms with Gasteiger partial charge in [-0.15, -0.1) is 0 Å². The van der Waals surface area contributed by atoms with Crippen molar-refractivity contribution >= 4 is 34.7 Å². The van der Waals surface area contributed by atoms with Gasteiger partial charge >= 0.3 is 0 Å². The maximum atomic E-state index is 13.5. The van der Waals surface area contributed by atoms with Gasteiger partial charge in [0, 0.05) is 36.9 Å². The van der Waals surface area contributed by atoms with Gasteiger partial charge in [-0.05, 0) is 61.2 Å². The maximum Gasteiger partial charge on any atom is 0.278 e. The Hall–Kier alpha value is -2.67. The molecule has 168 valence electrons. The molecule has 0 spiro atoms. The van der Waals surface area contributed by atoms with E-state index in [1.165, 1.54) is 4.90 Å². The molecule has 2 aromatic rings. The molecule has 0 aromatic heterocycles. The second-order valence-electron chi connectivity index (χ2n) is 8.35. The molecule has 2 aromatic carbocycles. The summed E-state index contributed by atoms with van der Waals surface area (Å²) in [5.74, 6) is -0.563. The fraction of sp³-hybridized carbons (Fsp3) is 0.360. The minimum atomic E-state index is -0.300. The van der Waals surface area contributed by atoms with E-state index in [-0.39, 0.29) is 11.8 Å². The predicted octanol–water partition coefficient (Wildman–Crippen LogP) is 3.79. The number of nitrogens with one attached hydrogen (secondary N) is 1. The van der Waals surface area contributed by atoms with Crippen molar-refractivity contribution in [2.24, 2.45) is 0 Å². The zero-order valence-electron chi connectivity index (χ0n) is 18.7. The van der Waals surface area contributed by atoms with Crippen LogP contribution in [-0.4, -0.2) is 61.0 Å². The lowest BCUT2D eigenvalue weighted by Gasteiger charge is -2.28. The lowest BCUT2D eigenvalue weighted by atomic mass is 9.99. The first-order valence-corrected chi connectivity index (χ1v) is 11.2. The van der Waals surface area contributed by atoms with Crippen molar-refractivity contribution in [2.45, 2.75) is 20.8 Å². The molecule has 0 bridgehead atoms. The summed E-state index contributed by atoms with van der Waals surface area (Å²) in [5, 5.41) is 3.87. The van der Waals surface area contributed by atoms with Crippen molar-refractivity contribution in [3.8, 4) is 0 Å². The largest absolute Gasteiger partial charge is 0.379 e. The van der Waals surface area contributed by atoms with Crippen molar-refractivity contribution < 1.29 is 14.3 Å². The molecule has 0 saturated carbocycles. The summed E-state index contributed by atoms with van der Waals surface area (Å²) in [6.07, 6.45) is 0. The van der Waals surface area contributed by atoms with E-state index in [4.69, 9.17) is 16.3 Å². The van der Waals surface area contributed by atoms with E-state index in [0.717, 1.165) is 41.0 Å². The number of hydrogen-bond acceptors (Lipinski definition) is 5. The predicted molar refractivity (Wildman–Crippen MR) is 127 cm³/mol. The molecule has 1 saturated heterocycles. The molecule has 7 heteroatoms. The average molecular weight is 454 g/mol. The van der Waals surface area contributed by atoms with Crippen molar-refractivity contribution in [3.63, 3.8) is 0 Å². The van der Waals surface area contributed by atoms with E-state index < -0.39 is 0 Å². The Morgan fingerprint density at radius 2 is 1.66 bits per heavy atom. The zero-order valence-corrected chi connectivity index (χ0v) is 19.5. The van der Waals surface area contributed by atoms with Gasteiger partial charge in [-0.25, -0.2) is 0 Å². The Morgan fingerprint density at radius 3 is 2.34 bits per heavy atom. The van der Waals surface area contributed by atoms with E-state index in [1.54, 1.807) is 6.07 Å². The van der Waals surface area contributed by atoms with Crippen LogP contribution in [-0.2, 0) is 14.3 Å². The molecule has 4 rings (SSSR count). The normalized spacial score (nSPS) is 17.4. The van der Waals surface area contributed by atoms with Crippen molar-refractivity contribution in [2.75, 3.05) is 44.7 Å². The topological polar surface area (TPSA) is 61.9 Å². The monoisotopic (exact) mass is 453 g/mol. The minimum Gasteiger partial charge on any atom is -0.379 e. The summed E-state index contributed by atoms with van der Waals surface area (Å²) in [6, 6.07) is 11.3. The maximum absolute atomic E-state index is 13.5. The number of benzene rings is 2. The first kappa shape index (κ1) is 22.5. The third kappa shape index (κ3) is 4.58. The number of aryl methyl sites for hydroxylation is 3. The number of rotatable bonds is 6. The number of carbonyl (C=O) groups excluding carboxylic acids is 2. The van der Waals surface area contributed by atoms with Crippen LogP contribution in [0.15, 0.2) is 42.1 Å². The average Bonchev–Trinajstić information content (AvgIpc) is 3.00. The van der Waals surface area contributed by atoms with Crippen molar-refractivity contribution in [1.82, 2.24) is 9.80 Å². The summed E-state index contributed by atoms with van der Waals surface area (Å²) < 4.78 is 5.40. The second-order valence-corrected chi connectivity index (χ2v) is 8.79. The van der Waals surface area contributed by atoms with Gasteiger partial charge in [0.2, 0.25) is 0 Å². The molecule has 0 atom stereocenters. The summed E-state index contributed by atoms with van der Waals surface area (Å²) in [6.45, 7) is 9.90. The summed E-state index contributed by atoms with van der Waals surface area (Å²) >= 11 is 6.10. The summed E-state index contributed by atoms with van der Waals surface area (Å²) in [7, 11) is 0. The molecule has 2 amide bonds. The van der Waals surface area contributed by atoms with E-state index in [0.29, 0.717) is 42.6 Å². The van der Waals surface area contributed by atoms with E-state index in [2.05, 4.69) is 10.2 Å². The fourth-order valence-corrected chi connectivity index (χ4v) is 4.25. The molecule has 0 unspecified atom stereocenters. The van der Waals surface area contributed by atoms with Gasteiger partial charge in [-0.1, -0.05) is 29.8 Å². The Labute approximate surface area is 193 Å². The quantitative estimate of drug-likeness (QED) is 0.674. The minimum absolute atomic E-state index is 0.263. The van der Waals surface area contributed by atoms with Crippen LogP contribution in [0.25, 0.3) is 5.57 Å².